The van der Waals surface area contributed by atoms with Gasteiger partial charge in [0.15, 0.2) is 0 Å². The van der Waals surface area contributed by atoms with Crippen molar-refractivity contribution in [3.8, 4) is 0 Å². The first kappa shape index (κ1) is 13.0. The molecule has 0 aromatic heterocycles. The van der Waals surface area contributed by atoms with Crippen LogP contribution in [0.25, 0.3) is 0 Å². The molecular weight excluding hydrogens is 351 g/mol. The van der Waals surface area contributed by atoms with Gasteiger partial charge in [0.2, 0.25) is 0 Å². The van der Waals surface area contributed by atoms with E-state index in [1.54, 1.807) is 0 Å². The van der Waals surface area contributed by atoms with Gasteiger partial charge in [-0.25, -0.2) is 0 Å². The van der Waals surface area contributed by atoms with E-state index in [1.165, 1.54) is 33.4 Å². The van der Waals surface area contributed by atoms with Gasteiger partial charge in [-0.1, -0.05) is 0 Å². The molecule has 0 fully saturated rings. The van der Waals surface area contributed by atoms with Crippen molar-refractivity contribution in [2.45, 2.75) is 10.2 Å². The summed E-state index contributed by atoms with van der Waals surface area (Å²) in [5.41, 5.74) is 8.80. The molecule has 0 N–H and O–H groups in total. The molecule has 0 saturated heterocycles. The molecule has 6 rings (SSSR count). The Morgan fingerprint density at radius 3 is 1.36 bits per heavy atom. The molecule has 0 unspecified atom stereocenters. The Labute approximate surface area is 141 Å². The number of benzene rings is 3. The fourth-order valence-electron chi connectivity index (χ4n) is 4.29. The van der Waals surface area contributed by atoms with Crippen molar-refractivity contribution in [1.82, 2.24) is 0 Å². The second-order valence-corrected chi connectivity index (χ2v) is 8.58. The Balaban J connectivity index is 2.00. The monoisotopic (exact) mass is 366 g/mol. The van der Waals surface area contributed by atoms with Crippen LogP contribution in [0.3, 0.4) is 0 Å². The van der Waals surface area contributed by atoms with E-state index in [2.05, 4.69) is 72.8 Å². The van der Waals surface area contributed by atoms with Crippen molar-refractivity contribution in [2.24, 2.45) is 0 Å². The zero-order valence-electron chi connectivity index (χ0n) is 11.9. The first-order chi connectivity index (χ1) is 10.9. The summed E-state index contributed by atoms with van der Waals surface area (Å²) in [5.74, 6) is 0.376. The van der Waals surface area contributed by atoms with Crippen molar-refractivity contribution >= 4 is 24.9 Å². The fourth-order valence-corrected chi connectivity index (χ4v) is 7.62. The van der Waals surface area contributed by atoms with E-state index in [0.29, 0.717) is 5.92 Å². The van der Waals surface area contributed by atoms with Gasteiger partial charge in [0.1, 0.15) is 0 Å². The molecule has 0 radical (unpaired) electrons. The summed E-state index contributed by atoms with van der Waals surface area (Å²) in [6.07, 6.45) is 0. The van der Waals surface area contributed by atoms with Gasteiger partial charge < -0.3 is 0 Å². The van der Waals surface area contributed by atoms with Gasteiger partial charge in [0.05, 0.1) is 0 Å². The molecule has 0 aliphatic heterocycles. The van der Waals surface area contributed by atoms with Gasteiger partial charge in [-0.3, -0.25) is 0 Å². The summed E-state index contributed by atoms with van der Waals surface area (Å²) in [7, 11) is 0. The molecule has 0 heterocycles. The Kier molecular flexibility index (Phi) is 2.67. The fraction of sp³-hybridized carbons (Fsp3) is 0.100. The average molecular weight is 365 g/mol. The zero-order valence-corrected chi connectivity index (χ0v) is 14.5. The van der Waals surface area contributed by atoms with E-state index >= 15 is 0 Å². The quantitative estimate of drug-likeness (QED) is 0.482. The topological polar surface area (TPSA) is 0 Å². The van der Waals surface area contributed by atoms with Crippen LogP contribution >= 0.6 is 11.0 Å². The summed E-state index contributed by atoms with van der Waals surface area (Å²) in [5, 5.41) is 0. The molecule has 0 amide bonds. The predicted octanol–water partition coefficient (Wildman–Crippen LogP) is 4.33. The summed E-state index contributed by atoms with van der Waals surface area (Å²) in [6.45, 7) is 0. The zero-order chi connectivity index (χ0) is 14.7. The molecule has 106 valence electrons. The maximum absolute atomic E-state index is 4.89. The molecule has 0 saturated carbocycles. The third-order valence-electron chi connectivity index (χ3n) is 5.09. The number of hydrogen-bond acceptors (Lipinski definition) is 1. The van der Waals surface area contributed by atoms with Crippen LogP contribution in [0.15, 0.2) is 72.8 Å². The van der Waals surface area contributed by atoms with Crippen molar-refractivity contribution in [2.75, 3.05) is 0 Å². The van der Waals surface area contributed by atoms with E-state index in [1.807, 2.05) is 0 Å². The van der Waals surface area contributed by atoms with E-state index in [0.717, 1.165) is 0 Å². The van der Waals surface area contributed by atoms with E-state index < -0.39 is 0 Å². The molecule has 2 bridgehead atoms. The van der Waals surface area contributed by atoms with Crippen molar-refractivity contribution in [3.05, 3.63) is 106 Å². The molecule has 3 aromatic carbocycles. The summed E-state index contributed by atoms with van der Waals surface area (Å²) < 4.78 is -0.0470. The molecule has 3 aliphatic rings. The number of thiol groups is 1. The standard InChI is InChI=1S/C20H14SSe/c21-22-20-16-10-4-1-7-13(16)19(14-8-2-5-11-17(14)20)15-9-3-6-12-18(15)20/h1-12,19,21H. The second-order valence-electron chi connectivity index (χ2n) is 5.97. The Morgan fingerprint density at radius 1 is 0.636 bits per heavy atom. The van der Waals surface area contributed by atoms with Crippen LogP contribution in [0, 0.1) is 0 Å². The van der Waals surface area contributed by atoms with Gasteiger partial charge >= 0.3 is 141 Å². The number of rotatable bonds is 1. The SMILES string of the molecule is S[Se]C12c3ccccc3C(c3ccccc31)c1ccccc12. The van der Waals surface area contributed by atoms with Gasteiger partial charge in [-0.15, -0.1) is 0 Å². The molecule has 0 nitrogen and oxygen atoms in total. The maximum atomic E-state index is 4.89. The van der Waals surface area contributed by atoms with Gasteiger partial charge in [0.25, 0.3) is 0 Å². The molecule has 22 heavy (non-hydrogen) atoms. The molecule has 0 atom stereocenters. The summed E-state index contributed by atoms with van der Waals surface area (Å²) in [6, 6.07) is 26.9. The molecule has 0 spiro atoms. The van der Waals surface area contributed by atoms with Crippen LogP contribution in [-0.2, 0) is 4.31 Å². The minimum atomic E-state index is -0.0470. The average Bonchev–Trinajstić information content (AvgIpc) is 2.61. The first-order valence-electron chi connectivity index (χ1n) is 7.48. The third kappa shape index (κ3) is 1.37. The van der Waals surface area contributed by atoms with Gasteiger partial charge in [-0.2, -0.15) is 0 Å². The van der Waals surface area contributed by atoms with Crippen molar-refractivity contribution < 1.29 is 0 Å². The van der Waals surface area contributed by atoms with Crippen LogP contribution in [0.1, 0.15) is 39.3 Å². The molecule has 2 heteroatoms. The summed E-state index contributed by atoms with van der Waals surface area (Å²) >= 11 is 5.04. The third-order valence-corrected chi connectivity index (χ3v) is 8.47. The van der Waals surface area contributed by atoms with E-state index in [4.69, 9.17) is 11.0 Å². The van der Waals surface area contributed by atoms with E-state index in [9.17, 15) is 0 Å². The van der Waals surface area contributed by atoms with Crippen LogP contribution in [0.2, 0.25) is 0 Å². The Bertz CT molecular complexity index is 784. The van der Waals surface area contributed by atoms with E-state index in [-0.39, 0.29) is 18.1 Å². The minimum absolute atomic E-state index is 0.0470. The predicted molar refractivity (Wildman–Crippen MR) is 94.9 cm³/mol. The normalized spacial score (nSPS) is 23.6. The second kappa shape index (κ2) is 4.52. The van der Waals surface area contributed by atoms with Crippen molar-refractivity contribution in [3.63, 3.8) is 0 Å². The van der Waals surface area contributed by atoms with Crippen molar-refractivity contribution in [1.29, 1.82) is 0 Å². The van der Waals surface area contributed by atoms with Crippen LogP contribution in [-0.4, -0.2) is 13.8 Å². The Hall–Kier alpha value is -1.47. The Morgan fingerprint density at radius 2 is 1.00 bits per heavy atom. The van der Waals surface area contributed by atoms with Gasteiger partial charge in [0, 0.05) is 0 Å². The molecular formula is C20H14SSe. The van der Waals surface area contributed by atoms with Crippen LogP contribution in [0.4, 0.5) is 0 Å². The molecule has 3 aromatic rings. The van der Waals surface area contributed by atoms with Crippen LogP contribution < -0.4 is 0 Å². The first-order valence-corrected chi connectivity index (χ1v) is 11.0. The summed E-state index contributed by atoms with van der Waals surface area (Å²) in [4.78, 5) is 0. The molecule has 3 aliphatic carbocycles. The van der Waals surface area contributed by atoms with Gasteiger partial charge in [-0.05, 0) is 0 Å². The van der Waals surface area contributed by atoms with Crippen LogP contribution in [0.5, 0.6) is 0 Å². The number of hydrogen-bond donors (Lipinski definition) is 1.